The highest BCUT2D eigenvalue weighted by Crippen LogP contribution is 2.14. The third-order valence-corrected chi connectivity index (χ3v) is 5.51. The second kappa shape index (κ2) is 8.25. The van der Waals surface area contributed by atoms with E-state index in [0.29, 0.717) is 6.42 Å². The standard InChI is InChI=1S/C13H20N2O5S2/c1-9(2)7-10(13(17)20-3)15-11(16)8-14-22(18,19)12-5-4-6-21-12/h4-6,9-10,14H,7-8H2,1-3H3,(H,15,16). The molecule has 124 valence electrons. The molecule has 7 nitrogen and oxygen atoms in total. The fourth-order valence-electron chi connectivity index (χ4n) is 1.72. The number of methoxy groups -OCH3 is 1. The highest BCUT2D eigenvalue weighted by atomic mass is 32.2. The molecule has 1 unspecified atom stereocenters. The Kier molecular flexibility index (Phi) is 6.98. The summed E-state index contributed by atoms with van der Waals surface area (Å²) in [6.07, 6.45) is 0.413. The maximum atomic E-state index is 11.9. The van der Waals surface area contributed by atoms with Gasteiger partial charge in [0.25, 0.3) is 10.0 Å². The predicted molar refractivity (Wildman–Crippen MR) is 82.9 cm³/mol. The number of rotatable bonds is 8. The van der Waals surface area contributed by atoms with Crippen LogP contribution in [0.5, 0.6) is 0 Å². The number of amides is 1. The topological polar surface area (TPSA) is 102 Å². The van der Waals surface area contributed by atoms with E-state index < -0.39 is 34.5 Å². The highest BCUT2D eigenvalue weighted by Gasteiger charge is 2.23. The van der Waals surface area contributed by atoms with Gasteiger partial charge >= 0.3 is 5.97 Å². The largest absolute Gasteiger partial charge is 0.467 e. The fraction of sp³-hybridized carbons (Fsp3) is 0.538. The normalized spacial score (nSPS) is 12.9. The lowest BCUT2D eigenvalue weighted by Crippen LogP contribution is -2.46. The third kappa shape index (κ3) is 5.74. The Hall–Kier alpha value is -1.45. The van der Waals surface area contributed by atoms with Crippen molar-refractivity contribution >= 4 is 33.2 Å². The SMILES string of the molecule is COC(=O)C(CC(C)C)NC(=O)CNS(=O)(=O)c1cccs1. The van der Waals surface area contributed by atoms with Gasteiger partial charge in [0.1, 0.15) is 10.3 Å². The molecule has 1 atom stereocenters. The van der Waals surface area contributed by atoms with E-state index in [-0.39, 0.29) is 10.1 Å². The van der Waals surface area contributed by atoms with Crippen molar-refractivity contribution in [2.45, 2.75) is 30.5 Å². The highest BCUT2D eigenvalue weighted by molar-refractivity contribution is 7.91. The average molecular weight is 348 g/mol. The molecule has 1 aromatic heterocycles. The lowest BCUT2D eigenvalue weighted by Gasteiger charge is -2.18. The van der Waals surface area contributed by atoms with Gasteiger partial charge in [-0.05, 0) is 23.8 Å². The average Bonchev–Trinajstić information content (AvgIpc) is 2.98. The lowest BCUT2D eigenvalue weighted by molar-refractivity contribution is -0.145. The van der Waals surface area contributed by atoms with Gasteiger partial charge in [-0.2, -0.15) is 0 Å². The van der Waals surface area contributed by atoms with Crippen LogP contribution in [0.1, 0.15) is 20.3 Å². The smallest absolute Gasteiger partial charge is 0.328 e. The molecular weight excluding hydrogens is 328 g/mol. The van der Waals surface area contributed by atoms with E-state index in [1.165, 1.54) is 13.2 Å². The summed E-state index contributed by atoms with van der Waals surface area (Å²) >= 11 is 1.06. The number of carbonyl (C=O) groups excluding carboxylic acids is 2. The number of esters is 1. The number of hydrogen-bond acceptors (Lipinski definition) is 6. The second-order valence-corrected chi connectivity index (χ2v) is 7.97. The Morgan fingerprint density at radius 1 is 1.36 bits per heavy atom. The molecule has 0 saturated heterocycles. The van der Waals surface area contributed by atoms with E-state index in [1.54, 1.807) is 11.4 Å². The summed E-state index contributed by atoms with van der Waals surface area (Å²) < 4.78 is 30.7. The van der Waals surface area contributed by atoms with Crippen LogP contribution in [-0.4, -0.2) is 40.0 Å². The molecule has 0 aliphatic heterocycles. The van der Waals surface area contributed by atoms with Crippen LogP contribution in [0.15, 0.2) is 21.7 Å². The van der Waals surface area contributed by atoms with Crippen molar-refractivity contribution in [3.63, 3.8) is 0 Å². The van der Waals surface area contributed by atoms with Gasteiger partial charge < -0.3 is 10.1 Å². The van der Waals surface area contributed by atoms with Crippen LogP contribution in [0.4, 0.5) is 0 Å². The quantitative estimate of drug-likeness (QED) is 0.675. The molecule has 1 aromatic rings. The number of sulfonamides is 1. The van der Waals surface area contributed by atoms with Crippen LogP contribution < -0.4 is 10.0 Å². The molecule has 2 N–H and O–H groups in total. The molecule has 1 heterocycles. The van der Waals surface area contributed by atoms with Crippen molar-refractivity contribution in [3.05, 3.63) is 17.5 Å². The fourth-order valence-corrected chi connectivity index (χ4v) is 3.74. The predicted octanol–water partition coefficient (Wildman–Crippen LogP) is 0.730. The van der Waals surface area contributed by atoms with Crippen molar-refractivity contribution in [1.29, 1.82) is 0 Å². The summed E-state index contributed by atoms with van der Waals surface area (Å²) in [7, 11) is -2.47. The molecule has 0 spiro atoms. The van der Waals surface area contributed by atoms with Gasteiger partial charge in [-0.15, -0.1) is 11.3 Å². The van der Waals surface area contributed by atoms with Gasteiger partial charge in [0, 0.05) is 0 Å². The first-order valence-corrected chi connectivity index (χ1v) is 9.03. The minimum atomic E-state index is -3.71. The molecule has 0 aliphatic carbocycles. The van der Waals surface area contributed by atoms with Crippen molar-refractivity contribution in [2.75, 3.05) is 13.7 Å². The van der Waals surface area contributed by atoms with Crippen LogP contribution in [0.25, 0.3) is 0 Å². The van der Waals surface area contributed by atoms with Crippen molar-refractivity contribution in [1.82, 2.24) is 10.0 Å². The first-order chi connectivity index (χ1) is 10.3. The maximum absolute atomic E-state index is 11.9. The summed E-state index contributed by atoms with van der Waals surface area (Å²) in [4.78, 5) is 23.4. The van der Waals surface area contributed by atoms with Gasteiger partial charge in [0.15, 0.2) is 0 Å². The van der Waals surface area contributed by atoms with Crippen molar-refractivity contribution < 1.29 is 22.7 Å². The van der Waals surface area contributed by atoms with E-state index in [1.807, 2.05) is 13.8 Å². The number of nitrogens with one attached hydrogen (secondary N) is 2. The molecular formula is C13H20N2O5S2. The number of hydrogen-bond donors (Lipinski definition) is 2. The number of ether oxygens (including phenoxy) is 1. The summed E-state index contributed by atoms with van der Waals surface area (Å²) in [6.45, 7) is 3.37. The molecule has 1 rings (SSSR count). The monoisotopic (exact) mass is 348 g/mol. The third-order valence-electron chi connectivity index (χ3n) is 2.71. The van der Waals surface area contributed by atoms with Gasteiger partial charge in [0.05, 0.1) is 13.7 Å². The minimum absolute atomic E-state index is 0.131. The second-order valence-electron chi connectivity index (χ2n) is 5.03. The van der Waals surface area contributed by atoms with Crippen LogP contribution >= 0.6 is 11.3 Å². The zero-order valence-electron chi connectivity index (χ0n) is 12.7. The van der Waals surface area contributed by atoms with Gasteiger partial charge in [-0.1, -0.05) is 19.9 Å². The van der Waals surface area contributed by atoms with Gasteiger partial charge in [-0.3, -0.25) is 4.79 Å². The van der Waals surface area contributed by atoms with E-state index in [0.717, 1.165) is 11.3 Å². The van der Waals surface area contributed by atoms with E-state index in [4.69, 9.17) is 0 Å². The van der Waals surface area contributed by atoms with Gasteiger partial charge in [0.2, 0.25) is 5.91 Å². The summed E-state index contributed by atoms with van der Waals surface area (Å²) in [5, 5.41) is 4.11. The zero-order valence-corrected chi connectivity index (χ0v) is 14.3. The maximum Gasteiger partial charge on any atom is 0.328 e. The molecule has 0 saturated carbocycles. The summed E-state index contributed by atoms with van der Waals surface area (Å²) in [5.74, 6) is -0.966. The number of thiophene rings is 1. The van der Waals surface area contributed by atoms with E-state index in [9.17, 15) is 18.0 Å². The minimum Gasteiger partial charge on any atom is -0.467 e. The lowest BCUT2D eigenvalue weighted by atomic mass is 10.0. The summed E-state index contributed by atoms with van der Waals surface area (Å²) in [5.41, 5.74) is 0. The first-order valence-electron chi connectivity index (χ1n) is 6.66. The number of carbonyl (C=O) groups is 2. The van der Waals surface area contributed by atoms with Crippen LogP contribution in [0, 0.1) is 5.92 Å². The van der Waals surface area contributed by atoms with E-state index in [2.05, 4.69) is 14.8 Å². The molecule has 1 amide bonds. The Balaban J connectivity index is 2.59. The van der Waals surface area contributed by atoms with E-state index >= 15 is 0 Å². The zero-order chi connectivity index (χ0) is 16.8. The molecule has 0 bridgehead atoms. The Morgan fingerprint density at radius 3 is 2.55 bits per heavy atom. The van der Waals surface area contributed by atoms with Crippen molar-refractivity contribution in [3.8, 4) is 0 Å². The molecule has 0 radical (unpaired) electrons. The summed E-state index contributed by atoms with van der Waals surface area (Å²) in [6, 6.07) is 2.26. The van der Waals surface area contributed by atoms with Crippen LogP contribution in [-0.2, 0) is 24.3 Å². The van der Waals surface area contributed by atoms with Crippen molar-refractivity contribution in [2.24, 2.45) is 5.92 Å². The molecule has 0 aromatic carbocycles. The first kappa shape index (κ1) is 18.6. The molecule has 0 fully saturated rings. The molecule has 0 aliphatic rings. The van der Waals surface area contributed by atoms with Gasteiger partial charge in [-0.25, -0.2) is 17.9 Å². The molecule has 22 heavy (non-hydrogen) atoms. The Labute approximate surface area is 134 Å². The Morgan fingerprint density at radius 2 is 2.05 bits per heavy atom. The van der Waals surface area contributed by atoms with Crippen LogP contribution in [0.3, 0.4) is 0 Å². The van der Waals surface area contributed by atoms with Crippen LogP contribution in [0.2, 0.25) is 0 Å². The Bertz CT molecular complexity index is 596. The molecule has 9 heteroatoms.